The Kier molecular flexibility index (Phi) is 5.64. The predicted octanol–water partition coefficient (Wildman–Crippen LogP) is 2.17. The summed E-state index contributed by atoms with van der Waals surface area (Å²) < 4.78 is 45.2. The highest BCUT2D eigenvalue weighted by Crippen LogP contribution is 2.34. The fourth-order valence-corrected chi connectivity index (χ4v) is 3.52. The van der Waals surface area contributed by atoms with Crippen LogP contribution in [0.25, 0.3) is 0 Å². The van der Waals surface area contributed by atoms with Crippen molar-refractivity contribution in [1.82, 2.24) is 14.5 Å². The molecule has 3 rings (SSSR count). The van der Waals surface area contributed by atoms with Gasteiger partial charge in [0.1, 0.15) is 4.88 Å². The fourth-order valence-electron chi connectivity index (χ4n) is 2.74. The van der Waals surface area contributed by atoms with Gasteiger partial charge in [-0.25, -0.2) is 4.98 Å². The van der Waals surface area contributed by atoms with Crippen molar-refractivity contribution in [3.63, 3.8) is 0 Å². The molecular formula is C16H19F3N4O2S. The van der Waals surface area contributed by atoms with E-state index in [-0.39, 0.29) is 17.5 Å². The minimum absolute atomic E-state index is 0.170. The normalized spacial score (nSPS) is 18.8. The van der Waals surface area contributed by atoms with Gasteiger partial charge in [-0.15, -0.1) is 11.3 Å². The number of aryl methyl sites for hydroxylation is 1. The Bertz CT molecular complexity index is 805. The van der Waals surface area contributed by atoms with Gasteiger partial charge in [-0.2, -0.15) is 13.2 Å². The van der Waals surface area contributed by atoms with Crippen molar-refractivity contribution in [1.29, 1.82) is 0 Å². The van der Waals surface area contributed by atoms with E-state index in [1.165, 1.54) is 16.8 Å². The summed E-state index contributed by atoms with van der Waals surface area (Å²) in [4.78, 5) is 17.4. The highest BCUT2D eigenvalue weighted by Gasteiger charge is 2.32. The summed E-state index contributed by atoms with van der Waals surface area (Å²) in [6.45, 7) is 2.55. The Morgan fingerprint density at radius 3 is 3.00 bits per heavy atom. The van der Waals surface area contributed by atoms with E-state index < -0.39 is 11.1 Å². The van der Waals surface area contributed by atoms with Crippen LogP contribution in [0.2, 0.25) is 0 Å². The average molecular weight is 388 g/mol. The van der Waals surface area contributed by atoms with Crippen LogP contribution in [0.15, 0.2) is 28.6 Å². The second kappa shape index (κ2) is 7.77. The Labute approximate surface area is 152 Å². The molecule has 0 aromatic carbocycles. The maximum Gasteiger partial charge on any atom is 0.425 e. The van der Waals surface area contributed by atoms with Gasteiger partial charge in [-0.1, -0.05) is 0 Å². The van der Waals surface area contributed by atoms with Crippen molar-refractivity contribution < 1.29 is 17.9 Å². The van der Waals surface area contributed by atoms with Crippen molar-refractivity contribution in [3.8, 4) is 0 Å². The molecule has 0 spiro atoms. The molecule has 1 N–H and O–H groups in total. The molecule has 0 aliphatic carbocycles. The van der Waals surface area contributed by atoms with Crippen LogP contribution >= 0.6 is 11.3 Å². The Hall–Kier alpha value is -1.91. The van der Waals surface area contributed by atoms with Gasteiger partial charge in [-0.05, 0) is 17.0 Å². The first-order valence-corrected chi connectivity index (χ1v) is 8.95. The molecule has 142 valence electrons. The molecule has 0 bridgehead atoms. The smallest absolute Gasteiger partial charge is 0.374 e. The van der Waals surface area contributed by atoms with Gasteiger partial charge < -0.3 is 14.6 Å². The lowest BCUT2D eigenvalue weighted by molar-refractivity contribution is -0.134. The number of hydrogen-bond donors (Lipinski definition) is 1. The molecule has 0 radical (unpaired) electrons. The summed E-state index contributed by atoms with van der Waals surface area (Å²) in [6, 6.07) is 1.20. The van der Waals surface area contributed by atoms with E-state index in [1.807, 2.05) is 0 Å². The molecule has 1 atom stereocenters. The van der Waals surface area contributed by atoms with E-state index in [0.29, 0.717) is 49.7 Å². The standard InChI is InChI=1S/C16H19F3N4O2S/c1-22-3-2-20-14(15(22)24)21-7-12-9-23(4-5-25-12)8-11-6-13(26-10-11)16(17,18)19/h2-3,6,10,12H,4-5,7-9H2,1H3,(H,20,21). The highest BCUT2D eigenvalue weighted by atomic mass is 32.1. The predicted molar refractivity (Wildman–Crippen MR) is 92.3 cm³/mol. The zero-order chi connectivity index (χ0) is 18.7. The summed E-state index contributed by atoms with van der Waals surface area (Å²) in [5, 5.41) is 4.53. The fraction of sp³-hybridized carbons (Fsp3) is 0.500. The number of ether oxygens (including phenoxy) is 1. The second-order valence-corrected chi connectivity index (χ2v) is 7.03. The number of halogens is 3. The Morgan fingerprint density at radius 2 is 2.27 bits per heavy atom. The van der Waals surface area contributed by atoms with Gasteiger partial charge in [0.2, 0.25) is 0 Å². The van der Waals surface area contributed by atoms with E-state index in [2.05, 4.69) is 15.2 Å². The largest absolute Gasteiger partial charge is 0.425 e. The highest BCUT2D eigenvalue weighted by molar-refractivity contribution is 7.10. The SMILES string of the molecule is Cn1ccnc(NCC2CN(Cc3csc(C(F)(F)F)c3)CCO2)c1=O. The van der Waals surface area contributed by atoms with Crippen molar-refractivity contribution in [3.05, 3.63) is 44.6 Å². The van der Waals surface area contributed by atoms with E-state index in [0.717, 1.165) is 0 Å². The van der Waals surface area contributed by atoms with E-state index in [1.54, 1.807) is 18.6 Å². The van der Waals surface area contributed by atoms with Gasteiger partial charge >= 0.3 is 6.18 Å². The number of rotatable bonds is 5. The number of nitrogens with one attached hydrogen (secondary N) is 1. The van der Waals surface area contributed by atoms with E-state index >= 15 is 0 Å². The molecule has 3 heterocycles. The second-order valence-electron chi connectivity index (χ2n) is 6.12. The van der Waals surface area contributed by atoms with E-state index in [9.17, 15) is 18.0 Å². The molecule has 0 amide bonds. The zero-order valence-electron chi connectivity index (χ0n) is 14.1. The minimum atomic E-state index is -4.30. The maximum absolute atomic E-state index is 12.7. The summed E-state index contributed by atoms with van der Waals surface area (Å²) in [7, 11) is 1.64. The maximum atomic E-state index is 12.7. The number of morpholine rings is 1. The van der Waals surface area contributed by atoms with Crippen LogP contribution in [-0.4, -0.2) is 46.8 Å². The third kappa shape index (κ3) is 4.63. The molecule has 1 fully saturated rings. The van der Waals surface area contributed by atoms with Gasteiger partial charge in [0.25, 0.3) is 5.56 Å². The molecule has 10 heteroatoms. The molecule has 1 unspecified atom stereocenters. The van der Waals surface area contributed by atoms with Crippen molar-refractivity contribution in [2.24, 2.45) is 7.05 Å². The Balaban J connectivity index is 1.55. The molecule has 1 aliphatic heterocycles. The van der Waals surface area contributed by atoms with Gasteiger partial charge in [0, 0.05) is 45.6 Å². The minimum Gasteiger partial charge on any atom is -0.374 e. The van der Waals surface area contributed by atoms with Gasteiger partial charge in [0.05, 0.1) is 12.7 Å². The quantitative estimate of drug-likeness (QED) is 0.851. The van der Waals surface area contributed by atoms with Gasteiger partial charge in [-0.3, -0.25) is 9.69 Å². The van der Waals surface area contributed by atoms with Crippen molar-refractivity contribution >= 4 is 17.2 Å². The first-order chi connectivity index (χ1) is 12.3. The number of anilines is 1. The molecule has 0 saturated carbocycles. The molecule has 2 aromatic rings. The lowest BCUT2D eigenvalue weighted by Gasteiger charge is -2.32. The number of alkyl halides is 3. The lowest BCUT2D eigenvalue weighted by atomic mass is 10.2. The third-order valence-electron chi connectivity index (χ3n) is 4.08. The molecule has 1 aliphatic rings. The summed E-state index contributed by atoms with van der Waals surface area (Å²) >= 11 is 0.716. The van der Waals surface area contributed by atoms with Crippen LogP contribution in [0, 0.1) is 0 Å². The first-order valence-electron chi connectivity index (χ1n) is 8.07. The van der Waals surface area contributed by atoms with Crippen molar-refractivity contribution in [2.75, 3.05) is 31.6 Å². The van der Waals surface area contributed by atoms with Crippen LogP contribution in [0.4, 0.5) is 19.0 Å². The Morgan fingerprint density at radius 1 is 1.46 bits per heavy atom. The molecule has 26 heavy (non-hydrogen) atoms. The number of thiophene rings is 1. The number of nitrogens with zero attached hydrogens (tertiary/aromatic N) is 3. The number of aromatic nitrogens is 2. The third-order valence-corrected chi connectivity index (χ3v) is 5.10. The van der Waals surface area contributed by atoms with Crippen LogP contribution < -0.4 is 10.9 Å². The van der Waals surface area contributed by atoms with Crippen LogP contribution in [0.3, 0.4) is 0 Å². The molecule has 2 aromatic heterocycles. The first kappa shape index (κ1) is 18.9. The van der Waals surface area contributed by atoms with Crippen LogP contribution in [0.1, 0.15) is 10.4 Å². The van der Waals surface area contributed by atoms with Crippen molar-refractivity contribution in [2.45, 2.75) is 18.8 Å². The average Bonchev–Trinajstić information content (AvgIpc) is 3.05. The summed E-state index contributed by atoms with van der Waals surface area (Å²) in [6.07, 6.45) is -1.36. The van der Waals surface area contributed by atoms with Crippen LogP contribution in [-0.2, 0) is 24.5 Å². The van der Waals surface area contributed by atoms with Gasteiger partial charge in [0.15, 0.2) is 5.82 Å². The summed E-state index contributed by atoms with van der Waals surface area (Å²) in [5.41, 5.74) is 0.424. The lowest BCUT2D eigenvalue weighted by Crippen LogP contribution is -2.45. The molecule has 1 saturated heterocycles. The molecular weight excluding hydrogens is 369 g/mol. The number of hydrogen-bond acceptors (Lipinski definition) is 6. The summed E-state index contributed by atoms with van der Waals surface area (Å²) in [5.74, 6) is 0.253. The molecule has 6 nitrogen and oxygen atoms in total. The monoisotopic (exact) mass is 388 g/mol. The zero-order valence-corrected chi connectivity index (χ0v) is 14.9. The topological polar surface area (TPSA) is 59.4 Å². The van der Waals surface area contributed by atoms with Crippen LogP contribution in [0.5, 0.6) is 0 Å². The van der Waals surface area contributed by atoms with E-state index in [4.69, 9.17) is 4.74 Å².